The standard InChI is InChI=1S/C17H21N5O4/c1-24-13-6-7-16(25-2)15(9-13)21-17(23)10-26-14-5-3-4-12(8-14)22(19)11-20-18/h3-9,11H,10,18-19H2,1-2H3,(H,21,23)/b20-11-. The molecule has 5 N–H and O–H groups in total. The number of hydrogen-bond donors (Lipinski definition) is 3. The van der Waals surface area contributed by atoms with Gasteiger partial charge in [-0.1, -0.05) is 6.07 Å². The molecule has 0 aromatic heterocycles. The minimum absolute atomic E-state index is 0.195. The van der Waals surface area contributed by atoms with Crippen LogP contribution in [-0.2, 0) is 4.79 Å². The first-order valence-corrected chi connectivity index (χ1v) is 7.59. The molecule has 9 heteroatoms. The number of hydrazine groups is 1. The van der Waals surface area contributed by atoms with Crippen molar-refractivity contribution in [3.8, 4) is 17.2 Å². The van der Waals surface area contributed by atoms with Crippen LogP contribution >= 0.6 is 0 Å². The van der Waals surface area contributed by atoms with Gasteiger partial charge in [-0.2, -0.15) is 5.10 Å². The van der Waals surface area contributed by atoms with Gasteiger partial charge in [-0.3, -0.25) is 9.80 Å². The molecule has 138 valence electrons. The van der Waals surface area contributed by atoms with Crippen LogP contribution in [0.1, 0.15) is 0 Å². The van der Waals surface area contributed by atoms with E-state index in [4.69, 9.17) is 25.9 Å². The van der Waals surface area contributed by atoms with Crippen molar-refractivity contribution in [1.29, 1.82) is 0 Å². The predicted molar refractivity (Wildman–Crippen MR) is 99.5 cm³/mol. The smallest absolute Gasteiger partial charge is 0.262 e. The Hall–Kier alpha value is -3.46. The van der Waals surface area contributed by atoms with E-state index in [1.54, 1.807) is 49.6 Å². The average molecular weight is 359 g/mol. The number of amides is 1. The summed E-state index contributed by atoms with van der Waals surface area (Å²) in [7, 11) is 3.06. The monoisotopic (exact) mass is 359 g/mol. The van der Waals surface area contributed by atoms with E-state index in [-0.39, 0.29) is 12.5 Å². The molecule has 2 rings (SSSR count). The summed E-state index contributed by atoms with van der Waals surface area (Å²) in [5.74, 6) is 12.0. The Balaban J connectivity index is 2.00. The molecular formula is C17H21N5O4. The number of anilines is 2. The third-order valence-corrected chi connectivity index (χ3v) is 3.36. The molecule has 0 bridgehead atoms. The van der Waals surface area contributed by atoms with Crippen molar-refractivity contribution in [2.75, 3.05) is 31.2 Å². The summed E-state index contributed by atoms with van der Waals surface area (Å²) in [6, 6.07) is 11.9. The molecule has 0 unspecified atom stereocenters. The molecule has 0 radical (unpaired) electrons. The van der Waals surface area contributed by atoms with Gasteiger partial charge in [0.25, 0.3) is 5.91 Å². The maximum absolute atomic E-state index is 12.2. The Morgan fingerprint density at radius 2 is 2.00 bits per heavy atom. The lowest BCUT2D eigenvalue weighted by Crippen LogP contribution is -2.29. The number of hydrogen-bond acceptors (Lipinski definition) is 7. The van der Waals surface area contributed by atoms with Crippen molar-refractivity contribution >= 4 is 23.6 Å². The van der Waals surface area contributed by atoms with Gasteiger partial charge in [-0.15, -0.1) is 0 Å². The zero-order valence-electron chi connectivity index (χ0n) is 14.5. The molecule has 2 aromatic rings. The fourth-order valence-corrected chi connectivity index (χ4v) is 2.12. The fraction of sp³-hybridized carbons (Fsp3) is 0.176. The van der Waals surface area contributed by atoms with Gasteiger partial charge in [0.15, 0.2) is 6.61 Å². The first kappa shape index (κ1) is 18.9. The number of hydrazone groups is 1. The summed E-state index contributed by atoms with van der Waals surface area (Å²) in [5, 5.41) is 7.29. The molecule has 0 aliphatic heterocycles. The maximum Gasteiger partial charge on any atom is 0.262 e. The average Bonchev–Trinajstić information content (AvgIpc) is 2.66. The van der Waals surface area contributed by atoms with Crippen molar-refractivity contribution < 1.29 is 19.0 Å². The van der Waals surface area contributed by atoms with Crippen molar-refractivity contribution in [2.24, 2.45) is 16.8 Å². The van der Waals surface area contributed by atoms with Gasteiger partial charge >= 0.3 is 0 Å². The highest BCUT2D eigenvalue weighted by molar-refractivity contribution is 5.93. The third kappa shape index (κ3) is 5.02. The Morgan fingerprint density at radius 1 is 1.19 bits per heavy atom. The predicted octanol–water partition coefficient (Wildman–Crippen LogP) is 1.30. The second kappa shape index (κ2) is 9.14. The van der Waals surface area contributed by atoms with Crippen LogP contribution in [0.15, 0.2) is 47.6 Å². The molecule has 0 aliphatic carbocycles. The van der Waals surface area contributed by atoms with Crippen molar-refractivity contribution in [2.45, 2.75) is 0 Å². The second-order valence-electron chi connectivity index (χ2n) is 5.07. The van der Waals surface area contributed by atoms with E-state index in [0.29, 0.717) is 28.6 Å². The number of nitrogens with one attached hydrogen (secondary N) is 1. The lowest BCUT2D eigenvalue weighted by molar-refractivity contribution is -0.118. The van der Waals surface area contributed by atoms with Gasteiger partial charge < -0.3 is 25.4 Å². The largest absolute Gasteiger partial charge is 0.497 e. The van der Waals surface area contributed by atoms with Gasteiger partial charge in [0, 0.05) is 12.1 Å². The first-order chi connectivity index (χ1) is 12.6. The number of nitrogens with two attached hydrogens (primary N) is 2. The minimum Gasteiger partial charge on any atom is -0.497 e. The number of ether oxygens (including phenoxy) is 3. The zero-order valence-corrected chi connectivity index (χ0v) is 14.5. The summed E-state index contributed by atoms with van der Waals surface area (Å²) in [4.78, 5) is 12.2. The third-order valence-electron chi connectivity index (χ3n) is 3.36. The summed E-state index contributed by atoms with van der Waals surface area (Å²) in [6.07, 6.45) is 1.25. The molecule has 26 heavy (non-hydrogen) atoms. The molecule has 9 nitrogen and oxygen atoms in total. The normalized spacial score (nSPS) is 10.4. The Labute approximate surface area is 151 Å². The molecule has 2 aromatic carbocycles. The van der Waals surface area contributed by atoms with E-state index in [0.717, 1.165) is 0 Å². The van der Waals surface area contributed by atoms with Crippen LogP contribution < -0.4 is 36.2 Å². The topological polar surface area (TPSA) is 124 Å². The fourth-order valence-electron chi connectivity index (χ4n) is 2.12. The number of rotatable bonds is 8. The number of nitrogens with zero attached hydrogens (tertiary/aromatic N) is 2. The van der Waals surface area contributed by atoms with Crippen LogP contribution in [0.3, 0.4) is 0 Å². The van der Waals surface area contributed by atoms with E-state index >= 15 is 0 Å². The van der Waals surface area contributed by atoms with Gasteiger partial charge in [0.2, 0.25) is 0 Å². The van der Waals surface area contributed by atoms with Crippen molar-refractivity contribution in [1.82, 2.24) is 0 Å². The highest BCUT2D eigenvalue weighted by Crippen LogP contribution is 2.28. The van der Waals surface area contributed by atoms with Crippen LogP contribution in [0, 0.1) is 0 Å². The lowest BCUT2D eigenvalue weighted by Gasteiger charge is -2.14. The summed E-state index contributed by atoms with van der Waals surface area (Å²) in [5.41, 5.74) is 1.09. The number of benzene rings is 2. The van der Waals surface area contributed by atoms with Crippen LogP contribution in [0.2, 0.25) is 0 Å². The molecule has 0 heterocycles. The van der Waals surface area contributed by atoms with Crippen molar-refractivity contribution in [3.05, 3.63) is 42.5 Å². The molecule has 0 saturated heterocycles. The lowest BCUT2D eigenvalue weighted by atomic mass is 10.2. The van der Waals surface area contributed by atoms with E-state index < -0.39 is 0 Å². The molecule has 0 spiro atoms. The maximum atomic E-state index is 12.2. The number of carbonyl (C=O) groups is 1. The van der Waals surface area contributed by atoms with E-state index in [1.165, 1.54) is 18.5 Å². The molecule has 0 fully saturated rings. The summed E-state index contributed by atoms with van der Waals surface area (Å²) < 4.78 is 15.9. The molecule has 1 amide bonds. The van der Waals surface area contributed by atoms with Crippen molar-refractivity contribution in [3.63, 3.8) is 0 Å². The van der Waals surface area contributed by atoms with Crippen LogP contribution in [0.25, 0.3) is 0 Å². The quantitative estimate of drug-likeness (QED) is 0.281. The van der Waals surface area contributed by atoms with Crippen LogP contribution in [0.4, 0.5) is 11.4 Å². The molecule has 0 atom stereocenters. The highest BCUT2D eigenvalue weighted by atomic mass is 16.5. The zero-order chi connectivity index (χ0) is 18.9. The van der Waals surface area contributed by atoms with Crippen LogP contribution in [0.5, 0.6) is 17.2 Å². The van der Waals surface area contributed by atoms with Gasteiger partial charge in [0.1, 0.15) is 23.6 Å². The highest BCUT2D eigenvalue weighted by Gasteiger charge is 2.10. The second-order valence-corrected chi connectivity index (χ2v) is 5.07. The van der Waals surface area contributed by atoms with Gasteiger partial charge in [0.05, 0.1) is 25.6 Å². The van der Waals surface area contributed by atoms with Crippen LogP contribution in [-0.4, -0.2) is 33.1 Å². The van der Waals surface area contributed by atoms with E-state index in [9.17, 15) is 4.79 Å². The Morgan fingerprint density at radius 3 is 2.69 bits per heavy atom. The SMILES string of the molecule is COc1ccc(OC)c(NC(=O)COc2cccc(N(N)/C=N\N)c2)c1. The van der Waals surface area contributed by atoms with E-state index in [2.05, 4.69) is 10.4 Å². The number of methoxy groups -OCH3 is 2. The van der Waals surface area contributed by atoms with Gasteiger partial charge in [-0.25, -0.2) is 5.84 Å². The molecular weight excluding hydrogens is 338 g/mol. The number of carbonyl (C=O) groups excluding carboxylic acids is 1. The molecule has 0 saturated carbocycles. The Bertz CT molecular complexity index is 781. The Kier molecular flexibility index (Phi) is 6.63. The summed E-state index contributed by atoms with van der Waals surface area (Å²) in [6.45, 7) is -0.195. The van der Waals surface area contributed by atoms with E-state index in [1.807, 2.05) is 0 Å². The van der Waals surface area contributed by atoms with Gasteiger partial charge in [-0.05, 0) is 24.3 Å². The summed E-state index contributed by atoms with van der Waals surface area (Å²) >= 11 is 0. The minimum atomic E-state index is -0.352. The molecule has 0 aliphatic rings. The first-order valence-electron chi connectivity index (χ1n) is 7.59.